The summed E-state index contributed by atoms with van der Waals surface area (Å²) in [5.41, 5.74) is 1.84. The number of allylic oxidation sites excluding steroid dienone is 2. The van der Waals surface area contributed by atoms with Crippen LogP contribution in [0.15, 0.2) is 11.6 Å². The lowest BCUT2D eigenvalue weighted by atomic mass is 9.84. The highest BCUT2D eigenvalue weighted by Gasteiger charge is 2.14. The predicted molar refractivity (Wildman–Crippen MR) is 57.2 cm³/mol. The Morgan fingerprint density at radius 2 is 1.50 bits per heavy atom. The summed E-state index contributed by atoms with van der Waals surface area (Å²) in [6.07, 6.45) is 2.41. The quantitative estimate of drug-likeness (QED) is 0.540. The van der Waals surface area contributed by atoms with Crippen LogP contribution in [0.1, 0.15) is 48.5 Å². The lowest BCUT2D eigenvalue weighted by Gasteiger charge is -2.22. The average Bonchev–Trinajstić information content (AvgIpc) is 1.85. The predicted octanol–water partition coefficient (Wildman–Crippen LogP) is 4.27. The number of hydrogen-bond donors (Lipinski definition) is 0. The largest absolute Gasteiger partial charge is 0.0820 e. The molecule has 0 aromatic heterocycles. The van der Waals surface area contributed by atoms with Crippen LogP contribution in [0, 0.1) is 17.3 Å². The van der Waals surface area contributed by atoms with Gasteiger partial charge in [-0.3, -0.25) is 0 Å². The van der Waals surface area contributed by atoms with Crippen molar-refractivity contribution in [1.82, 2.24) is 0 Å². The van der Waals surface area contributed by atoms with E-state index in [9.17, 15) is 0 Å². The molecule has 0 amide bonds. The van der Waals surface area contributed by atoms with Crippen LogP contribution in [0.3, 0.4) is 0 Å². The minimum Gasteiger partial charge on any atom is -0.0820 e. The second-order valence-electron chi connectivity index (χ2n) is 5.20. The summed E-state index contributed by atoms with van der Waals surface area (Å²) >= 11 is 0. The Bertz CT molecular complexity index is 155. The summed E-state index contributed by atoms with van der Waals surface area (Å²) in [4.78, 5) is 0. The number of rotatable bonds is 2. The standard InChI is InChI=1S/C12H24/c1-9(2)10(3)8-11(4)12(5,6)7/h8-10H,1-7H3. The molecule has 0 radical (unpaired) electrons. The minimum atomic E-state index is 0.336. The van der Waals surface area contributed by atoms with E-state index in [1.165, 1.54) is 5.57 Å². The maximum atomic E-state index is 2.41. The lowest BCUT2D eigenvalue weighted by Crippen LogP contribution is -2.10. The Morgan fingerprint density at radius 1 is 1.08 bits per heavy atom. The van der Waals surface area contributed by atoms with E-state index in [-0.39, 0.29) is 0 Å². The molecule has 0 aliphatic carbocycles. The molecule has 0 bridgehead atoms. The fourth-order valence-corrected chi connectivity index (χ4v) is 0.837. The summed E-state index contributed by atoms with van der Waals surface area (Å²) in [6.45, 7) is 15.9. The van der Waals surface area contributed by atoms with Gasteiger partial charge in [-0.1, -0.05) is 53.2 Å². The van der Waals surface area contributed by atoms with Gasteiger partial charge in [0.1, 0.15) is 0 Å². The zero-order valence-electron chi connectivity index (χ0n) is 9.73. The topological polar surface area (TPSA) is 0 Å². The summed E-state index contributed by atoms with van der Waals surface area (Å²) in [6, 6.07) is 0. The van der Waals surface area contributed by atoms with Crippen molar-refractivity contribution in [2.75, 3.05) is 0 Å². The third-order valence-corrected chi connectivity index (χ3v) is 2.75. The molecule has 0 aromatic rings. The van der Waals surface area contributed by atoms with E-state index in [1.807, 2.05) is 0 Å². The molecule has 0 nitrogen and oxygen atoms in total. The first-order valence-corrected chi connectivity index (χ1v) is 4.94. The van der Waals surface area contributed by atoms with Crippen molar-refractivity contribution in [2.45, 2.75) is 48.5 Å². The van der Waals surface area contributed by atoms with Crippen molar-refractivity contribution in [3.05, 3.63) is 11.6 Å². The molecular weight excluding hydrogens is 144 g/mol. The molecule has 0 rings (SSSR count). The molecule has 1 atom stereocenters. The zero-order valence-corrected chi connectivity index (χ0v) is 9.73. The molecule has 0 saturated carbocycles. The van der Waals surface area contributed by atoms with Crippen LogP contribution in [0.4, 0.5) is 0 Å². The van der Waals surface area contributed by atoms with Gasteiger partial charge in [0, 0.05) is 0 Å². The molecule has 12 heavy (non-hydrogen) atoms. The Morgan fingerprint density at radius 3 is 1.75 bits per heavy atom. The van der Waals surface area contributed by atoms with Crippen molar-refractivity contribution >= 4 is 0 Å². The first-order valence-electron chi connectivity index (χ1n) is 4.94. The van der Waals surface area contributed by atoms with Gasteiger partial charge in [-0.05, 0) is 24.2 Å². The molecule has 1 unspecified atom stereocenters. The van der Waals surface area contributed by atoms with Crippen LogP contribution in [0.25, 0.3) is 0 Å². The molecule has 0 N–H and O–H groups in total. The molecule has 0 heterocycles. The van der Waals surface area contributed by atoms with Crippen LogP contribution in [0.5, 0.6) is 0 Å². The van der Waals surface area contributed by atoms with E-state index in [2.05, 4.69) is 54.5 Å². The molecule has 0 fully saturated rings. The second-order valence-corrected chi connectivity index (χ2v) is 5.20. The molecule has 0 aliphatic rings. The molecular formula is C12H24. The Balaban J connectivity index is 4.36. The molecule has 0 aromatic carbocycles. The highest BCUT2D eigenvalue weighted by atomic mass is 14.2. The molecule has 0 saturated heterocycles. The molecule has 0 heteroatoms. The van der Waals surface area contributed by atoms with Gasteiger partial charge < -0.3 is 0 Å². The normalized spacial score (nSPS) is 16.8. The fourth-order valence-electron chi connectivity index (χ4n) is 0.837. The van der Waals surface area contributed by atoms with Crippen LogP contribution >= 0.6 is 0 Å². The first-order chi connectivity index (χ1) is 5.25. The average molecular weight is 168 g/mol. The van der Waals surface area contributed by atoms with Gasteiger partial charge in [0.2, 0.25) is 0 Å². The maximum Gasteiger partial charge on any atom is -0.0176 e. The maximum absolute atomic E-state index is 2.41. The zero-order chi connectivity index (χ0) is 9.94. The summed E-state index contributed by atoms with van der Waals surface area (Å²) in [5, 5.41) is 0. The SMILES string of the molecule is CC(=CC(C)C(C)C)C(C)(C)C. The van der Waals surface area contributed by atoms with Crippen LogP contribution in [-0.2, 0) is 0 Å². The summed E-state index contributed by atoms with van der Waals surface area (Å²) in [5.74, 6) is 1.45. The van der Waals surface area contributed by atoms with Gasteiger partial charge in [0.05, 0.1) is 0 Å². The summed E-state index contributed by atoms with van der Waals surface area (Å²) < 4.78 is 0. The van der Waals surface area contributed by atoms with E-state index in [0.29, 0.717) is 11.3 Å². The van der Waals surface area contributed by atoms with Crippen molar-refractivity contribution in [2.24, 2.45) is 17.3 Å². The van der Waals surface area contributed by atoms with E-state index >= 15 is 0 Å². The highest BCUT2D eigenvalue weighted by molar-refractivity contribution is 5.09. The monoisotopic (exact) mass is 168 g/mol. The Labute approximate surface area is 78.1 Å². The summed E-state index contributed by atoms with van der Waals surface area (Å²) in [7, 11) is 0. The van der Waals surface area contributed by atoms with Gasteiger partial charge in [-0.25, -0.2) is 0 Å². The van der Waals surface area contributed by atoms with Gasteiger partial charge >= 0.3 is 0 Å². The third-order valence-electron chi connectivity index (χ3n) is 2.75. The first kappa shape index (κ1) is 11.7. The number of hydrogen-bond acceptors (Lipinski definition) is 0. The van der Waals surface area contributed by atoms with E-state index in [1.54, 1.807) is 0 Å². The Hall–Kier alpha value is -0.260. The van der Waals surface area contributed by atoms with Gasteiger partial charge in [-0.2, -0.15) is 0 Å². The van der Waals surface area contributed by atoms with Gasteiger partial charge in [0.15, 0.2) is 0 Å². The van der Waals surface area contributed by atoms with Crippen molar-refractivity contribution < 1.29 is 0 Å². The molecule has 0 aliphatic heterocycles. The Kier molecular flexibility index (Phi) is 4.02. The fraction of sp³-hybridized carbons (Fsp3) is 0.833. The van der Waals surface area contributed by atoms with Gasteiger partial charge in [-0.15, -0.1) is 0 Å². The van der Waals surface area contributed by atoms with E-state index < -0.39 is 0 Å². The van der Waals surface area contributed by atoms with Crippen molar-refractivity contribution in [1.29, 1.82) is 0 Å². The smallest absolute Gasteiger partial charge is 0.0176 e. The van der Waals surface area contributed by atoms with Gasteiger partial charge in [0.25, 0.3) is 0 Å². The van der Waals surface area contributed by atoms with Crippen LogP contribution < -0.4 is 0 Å². The molecule has 72 valence electrons. The van der Waals surface area contributed by atoms with Crippen LogP contribution in [-0.4, -0.2) is 0 Å². The minimum absolute atomic E-state index is 0.336. The third kappa shape index (κ3) is 3.94. The second kappa shape index (κ2) is 4.11. The van der Waals surface area contributed by atoms with E-state index in [4.69, 9.17) is 0 Å². The lowest BCUT2D eigenvalue weighted by molar-refractivity contribution is 0.465. The molecule has 0 spiro atoms. The highest BCUT2D eigenvalue weighted by Crippen LogP contribution is 2.27. The van der Waals surface area contributed by atoms with Crippen molar-refractivity contribution in [3.8, 4) is 0 Å². The van der Waals surface area contributed by atoms with Crippen LogP contribution in [0.2, 0.25) is 0 Å². The van der Waals surface area contributed by atoms with Crippen molar-refractivity contribution in [3.63, 3.8) is 0 Å². The van der Waals surface area contributed by atoms with E-state index in [0.717, 1.165) is 5.92 Å².